The lowest BCUT2D eigenvalue weighted by molar-refractivity contribution is 0.0490. The summed E-state index contributed by atoms with van der Waals surface area (Å²) < 4.78 is 43.3. The molecule has 2 aromatic carbocycles. The highest BCUT2D eigenvalue weighted by Crippen LogP contribution is 2.34. The van der Waals surface area contributed by atoms with E-state index in [0.717, 1.165) is 22.3 Å². The maximum atomic E-state index is 15.5. The van der Waals surface area contributed by atoms with Crippen LogP contribution in [0.5, 0.6) is 0 Å². The molecule has 0 saturated heterocycles. The van der Waals surface area contributed by atoms with Crippen LogP contribution in [-0.4, -0.2) is 50.2 Å². The number of amides is 2. The van der Waals surface area contributed by atoms with E-state index in [-0.39, 0.29) is 34.9 Å². The van der Waals surface area contributed by atoms with Gasteiger partial charge in [0.25, 0.3) is 0 Å². The van der Waals surface area contributed by atoms with Crippen molar-refractivity contribution >= 4 is 23.3 Å². The molecule has 0 radical (unpaired) electrons. The normalized spacial score (nSPS) is 18.4. The second-order valence-electron chi connectivity index (χ2n) is 14.5. The van der Waals surface area contributed by atoms with Gasteiger partial charge in [0, 0.05) is 19.1 Å². The molecule has 5 rings (SSSR count). The second kappa shape index (κ2) is 13.9. The standard InChI is InChI=1S/C37H45F2N5O4/c1-36(2,3)47-34(45)40-26-14-8-22(9-15-26)24-12-18-28(30(38)20-24)32-42-43-33(44(32)7)29-19-13-25(21-31(29)39)23-10-16-27(17-11-23)41-35(46)48-37(4,5)6/h8,10,12-13,18-21,26-27H,9,11,14-17H2,1-7H3,(H,40,45)(H,41,46). The Hall–Kier alpha value is -4.54. The van der Waals surface area contributed by atoms with Gasteiger partial charge in [0.15, 0.2) is 11.6 Å². The highest BCUT2D eigenvalue weighted by molar-refractivity contribution is 5.73. The van der Waals surface area contributed by atoms with E-state index in [0.29, 0.717) is 38.5 Å². The van der Waals surface area contributed by atoms with Gasteiger partial charge in [0.1, 0.15) is 22.8 Å². The van der Waals surface area contributed by atoms with E-state index >= 15 is 8.78 Å². The number of carbonyl (C=O) groups excluding carboxylic acids is 2. The lowest BCUT2D eigenvalue weighted by Gasteiger charge is -2.26. The summed E-state index contributed by atoms with van der Waals surface area (Å²) in [4.78, 5) is 24.3. The highest BCUT2D eigenvalue weighted by Gasteiger charge is 2.25. The molecular formula is C37H45F2N5O4. The predicted octanol–water partition coefficient (Wildman–Crippen LogP) is 8.35. The Morgan fingerprint density at radius 1 is 0.729 bits per heavy atom. The van der Waals surface area contributed by atoms with Crippen molar-refractivity contribution in [3.05, 3.63) is 71.3 Å². The first-order valence-corrected chi connectivity index (χ1v) is 16.4. The summed E-state index contributed by atoms with van der Waals surface area (Å²) in [5.74, 6) is -0.335. The molecule has 0 aliphatic heterocycles. The Bertz CT molecular complexity index is 1620. The Balaban J connectivity index is 1.24. The van der Waals surface area contributed by atoms with E-state index in [2.05, 4.69) is 20.8 Å². The molecule has 3 aromatic rings. The van der Waals surface area contributed by atoms with Crippen molar-refractivity contribution in [2.45, 2.75) is 103 Å². The number of nitrogens with one attached hydrogen (secondary N) is 2. The largest absolute Gasteiger partial charge is 0.444 e. The van der Waals surface area contributed by atoms with Crippen molar-refractivity contribution in [2.24, 2.45) is 7.05 Å². The molecule has 2 unspecified atom stereocenters. The first kappa shape index (κ1) is 34.8. The number of rotatable bonds is 6. The lowest BCUT2D eigenvalue weighted by Crippen LogP contribution is -2.39. The van der Waals surface area contributed by atoms with Gasteiger partial charge in [-0.3, -0.25) is 0 Å². The van der Waals surface area contributed by atoms with Crippen molar-refractivity contribution in [3.8, 4) is 22.8 Å². The lowest BCUT2D eigenvalue weighted by atomic mass is 9.90. The summed E-state index contributed by atoms with van der Waals surface area (Å²) in [5.41, 5.74) is 2.94. The van der Waals surface area contributed by atoms with E-state index in [1.165, 1.54) is 12.1 Å². The summed E-state index contributed by atoms with van der Waals surface area (Å²) in [7, 11) is 1.69. The van der Waals surface area contributed by atoms with Crippen molar-refractivity contribution < 1.29 is 27.8 Å². The van der Waals surface area contributed by atoms with Gasteiger partial charge in [-0.1, -0.05) is 24.3 Å². The fourth-order valence-electron chi connectivity index (χ4n) is 5.99. The summed E-state index contributed by atoms with van der Waals surface area (Å²) >= 11 is 0. The monoisotopic (exact) mass is 661 g/mol. The molecule has 0 spiro atoms. The number of hydrogen-bond acceptors (Lipinski definition) is 6. The van der Waals surface area contributed by atoms with Crippen LogP contribution in [0.1, 0.15) is 91.2 Å². The number of halogens is 2. The average Bonchev–Trinajstić information content (AvgIpc) is 3.36. The molecule has 0 saturated carbocycles. The minimum atomic E-state index is -0.565. The van der Waals surface area contributed by atoms with Crippen LogP contribution >= 0.6 is 0 Å². The minimum absolute atomic E-state index is 0.0425. The molecule has 0 fully saturated rings. The summed E-state index contributed by atoms with van der Waals surface area (Å²) in [6.45, 7) is 10.9. The molecule has 1 aromatic heterocycles. The molecule has 2 aliphatic rings. The molecule has 2 aliphatic carbocycles. The smallest absolute Gasteiger partial charge is 0.407 e. The molecule has 2 amide bonds. The molecule has 256 valence electrons. The first-order chi connectivity index (χ1) is 22.6. The molecule has 2 atom stereocenters. The van der Waals surface area contributed by atoms with Crippen LogP contribution in [-0.2, 0) is 16.5 Å². The van der Waals surface area contributed by atoms with Gasteiger partial charge >= 0.3 is 12.2 Å². The summed E-state index contributed by atoms with van der Waals surface area (Å²) in [6.07, 6.45) is 7.21. The van der Waals surface area contributed by atoms with Gasteiger partial charge in [0.2, 0.25) is 0 Å². The Kier molecular flexibility index (Phi) is 10.1. The van der Waals surface area contributed by atoms with Gasteiger partial charge < -0.3 is 24.7 Å². The minimum Gasteiger partial charge on any atom is -0.444 e. The molecule has 11 heteroatoms. The number of allylic oxidation sites excluding steroid dienone is 2. The summed E-state index contributed by atoms with van der Waals surface area (Å²) in [5, 5.41) is 14.2. The van der Waals surface area contributed by atoms with Gasteiger partial charge in [-0.25, -0.2) is 18.4 Å². The number of carbonyl (C=O) groups is 2. The van der Waals surface area contributed by atoms with E-state index in [4.69, 9.17) is 9.47 Å². The first-order valence-electron chi connectivity index (χ1n) is 16.4. The van der Waals surface area contributed by atoms with E-state index in [1.54, 1.807) is 23.7 Å². The van der Waals surface area contributed by atoms with Crippen molar-refractivity contribution in [2.75, 3.05) is 0 Å². The van der Waals surface area contributed by atoms with Crippen LogP contribution in [0.4, 0.5) is 18.4 Å². The maximum absolute atomic E-state index is 15.5. The number of nitrogens with zero attached hydrogens (tertiary/aromatic N) is 3. The molecule has 2 N–H and O–H groups in total. The predicted molar refractivity (Wildman–Crippen MR) is 182 cm³/mol. The fourth-order valence-corrected chi connectivity index (χ4v) is 5.99. The zero-order valence-corrected chi connectivity index (χ0v) is 28.7. The average molecular weight is 662 g/mol. The third-order valence-corrected chi connectivity index (χ3v) is 8.30. The van der Waals surface area contributed by atoms with Crippen molar-refractivity contribution in [1.82, 2.24) is 25.4 Å². The third-order valence-electron chi connectivity index (χ3n) is 8.30. The third kappa shape index (κ3) is 8.67. The Morgan fingerprint density at radius 2 is 1.12 bits per heavy atom. The topological polar surface area (TPSA) is 107 Å². The van der Waals surface area contributed by atoms with E-state index in [9.17, 15) is 9.59 Å². The number of ether oxygens (including phenoxy) is 2. The molecule has 0 bridgehead atoms. The number of hydrogen-bond donors (Lipinski definition) is 2. The van der Waals surface area contributed by atoms with Crippen LogP contribution in [0, 0.1) is 11.6 Å². The van der Waals surface area contributed by atoms with E-state index in [1.807, 2.05) is 65.8 Å². The van der Waals surface area contributed by atoms with Gasteiger partial charge in [-0.05, 0) is 127 Å². The number of aromatic nitrogens is 3. The molecule has 1 heterocycles. The molecule has 9 nitrogen and oxygen atoms in total. The number of benzene rings is 2. The second-order valence-corrected chi connectivity index (χ2v) is 14.5. The zero-order chi connectivity index (χ0) is 34.8. The Morgan fingerprint density at radius 3 is 1.44 bits per heavy atom. The van der Waals surface area contributed by atoms with Crippen molar-refractivity contribution in [3.63, 3.8) is 0 Å². The van der Waals surface area contributed by atoms with Crippen LogP contribution in [0.2, 0.25) is 0 Å². The number of alkyl carbamates (subject to hydrolysis) is 2. The quantitative estimate of drug-likeness (QED) is 0.275. The van der Waals surface area contributed by atoms with Gasteiger partial charge in [0.05, 0.1) is 11.1 Å². The van der Waals surface area contributed by atoms with Crippen LogP contribution < -0.4 is 10.6 Å². The molecular weight excluding hydrogens is 616 g/mol. The fraction of sp³-hybridized carbons (Fsp3) is 0.459. The zero-order valence-electron chi connectivity index (χ0n) is 28.7. The van der Waals surface area contributed by atoms with Crippen LogP contribution in [0.3, 0.4) is 0 Å². The van der Waals surface area contributed by atoms with Crippen LogP contribution in [0.15, 0.2) is 48.6 Å². The van der Waals surface area contributed by atoms with Gasteiger partial charge in [-0.15, -0.1) is 10.2 Å². The van der Waals surface area contributed by atoms with Gasteiger partial charge in [-0.2, -0.15) is 0 Å². The van der Waals surface area contributed by atoms with Crippen LogP contribution in [0.25, 0.3) is 33.9 Å². The maximum Gasteiger partial charge on any atom is 0.407 e. The Labute approximate surface area is 280 Å². The highest BCUT2D eigenvalue weighted by atomic mass is 19.1. The summed E-state index contributed by atoms with van der Waals surface area (Å²) in [6, 6.07) is 9.92. The van der Waals surface area contributed by atoms with Crippen molar-refractivity contribution in [1.29, 1.82) is 0 Å². The molecule has 48 heavy (non-hydrogen) atoms. The van der Waals surface area contributed by atoms with E-state index < -0.39 is 35.0 Å². The SMILES string of the molecule is Cn1c(-c2ccc(C3=CCC(NC(=O)OC(C)(C)C)CC3)cc2F)nnc1-c1ccc(C2=CCC(NC(=O)OC(C)(C)C)CC2)cc1F.